The van der Waals surface area contributed by atoms with Crippen LogP contribution in [-0.2, 0) is 14.4 Å². The standard InChI is InChI=1S/C15H23N3O3/c16-13(19)10-5-7-17(8-6-10)9-18-14(20)11-3-1-2-4-12(11)15(18)21/h10-12H,1-9H2,(H2,16,19). The van der Waals surface area contributed by atoms with Gasteiger partial charge in [-0.05, 0) is 25.7 Å². The summed E-state index contributed by atoms with van der Waals surface area (Å²) in [5, 5.41) is 0. The molecule has 1 saturated carbocycles. The average Bonchev–Trinajstić information content (AvgIpc) is 2.73. The van der Waals surface area contributed by atoms with Gasteiger partial charge in [-0.25, -0.2) is 0 Å². The van der Waals surface area contributed by atoms with Crippen LogP contribution in [-0.4, -0.2) is 47.3 Å². The predicted molar refractivity (Wildman–Crippen MR) is 75.7 cm³/mol. The maximum Gasteiger partial charge on any atom is 0.234 e. The molecular weight excluding hydrogens is 270 g/mol. The third-order valence-electron chi connectivity index (χ3n) is 5.26. The fourth-order valence-electron chi connectivity index (χ4n) is 3.93. The molecule has 1 aliphatic carbocycles. The third kappa shape index (κ3) is 2.69. The van der Waals surface area contributed by atoms with Crippen molar-refractivity contribution in [2.24, 2.45) is 23.5 Å². The van der Waals surface area contributed by atoms with Gasteiger partial charge in [-0.15, -0.1) is 0 Å². The second kappa shape index (κ2) is 5.75. The van der Waals surface area contributed by atoms with Gasteiger partial charge < -0.3 is 5.73 Å². The summed E-state index contributed by atoms with van der Waals surface area (Å²) < 4.78 is 0. The molecule has 2 aliphatic heterocycles. The summed E-state index contributed by atoms with van der Waals surface area (Å²) in [7, 11) is 0. The third-order valence-corrected chi connectivity index (χ3v) is 5.26. The van der Waals surface area contributed by atoms with Crippen LogP contribution < -0.4 is 5.73 Å². The van der Waals surface area contributed by atoms with Crippen molar-refractivity contribution in [2.45, 2.75) is 38.5 Å². The zero-order chi connectivity index (χ0) is 15.0. The molecule has 2 heterocycles. The molecule has 2 atom stereocenters. The highest BCUT2D eigenvalue weighted by Gasteiger charge is 2.48. The molecule has 0 spiro atoms. The van der Waals surface area contributed by atoms with Gasteiger partial charge in [0.15, 0.2) is 0 Å². The number of nitrogens with zero attached hydrogens (tertiary/aromatic N) is 2. The minimum Gasteiger partial charge on any atom is -0.369 e. The van der Waals surface area contributed by atoms with Crippen molar-refractivity contribution < 1.29 is 14.4 Å². The lowest BCUT2D eigenvalue weighted by atomic mass is 9.81. The minimum atomic E-state index is -0.242. The predicted octanol–water partition coefficient (Wildman–Crippen LogP) is 0.316. The van der Waals surface area contributed by atoms with Gasteiger partial charge in [0, 0.05) is 19.0 Å². The molecule has 2 unspecified atom stereocenters. The van der Waals surface area contributed by atoms with Crippen LogP contribution in [0.3, 0.4) is 0 Å². The van der Waals surface area contributed by atoms with E-state index in [-0.39, 0.29) is 35.5 Å². The van der Waals surface area contributed by atoms with E-state index in [1.165, 1.54) is 4.90 Å². The molecule has 6 nitrogen and oxygen atoms in total. The molecule has 0 aromatic carbocycles. The van der Waals surface area contributed by atoms with Crippen LogP contribution in [0, 0.1) is 17.8 Å². The second-order valence-electron chi connectivity index (χ2n) is 6.54. The molecule has 6 heteroatoms. The van der Waals surface area contributed by atoms with Crippen molar-refractivity contribution in [3.05, 3.63) is 0 Å². The molecule has 21 heavy (non-hydrogen) atoms. The number of piperidine rings is 1. The Balaban J connectivity index is 1.59. The number of primary amides is 1. The molecule has 0 bridgehead atoms. The highest BCUT2D eigenvalue weighted by Crippen LogP contribution is 2.38. The number of nitrogens with two attached hydrogens (primary N) is 1. The molecule has 3 fully saturated rings. The Bertz CT molecular complexity index is 433. The Hall–Kier alpha value is -1.43. The number of rotatable bonds is 3. The quantitative estimate of drug-likeness (QED) is 0.759. The lowest BCUT2D eigenvalue weighted by molar-refractivity contribution is -0.143. The van der Waals surface area contributed by atoms with Crippen molar-refractivity contribution in [2.75, 3.05) is 19.8 Å². The van der Waals surface area contributed by atoms with Crippen molar-refractivity contribution in [3.63, 3.8) is 0 Å². The van der Waals surface area contributed by atoms with Crippen LogP contribution in [0.25, 0.3) is 0 Å². The van der Waals surface area contributed by atoms with Crippen molar-refractivity contribution in [1.29, 1.82) is 0 Å². The molecule has 0 aromatic heterocycles. The van der Waals surface area contributed by atoms with Crippen LogP contribution in [0.5, 0.6) is 0 Å². The van der Waals surface area contributed by atoms with Crippen molar-refractivity contribution in [1.82, 2.24) is 9.80 Å². The average molecular weight is 293 g/mol. The van der Waals surface area contributed by atoms with E-state index >= 15 is 0 Å². The Morgan fingerprint density at radius 2 is 1.52 bits per heavy atom. The summed E-state index contributed by atoms with van der Waals surface area (Å²) >= 11 is 0. The number of likely N-dealkylation sites (tertiary alicyclic amines) is 2. The Morgan fingerprint density at radius 3 is 2.00 bits per heavy atom. The van der Waals surface area contributed by atoms with Crippen molar-refractivity contribution >= 4 is 17.7 Å². The van der Waals surface area contributed by atoms with Gasteiger partial charge in [0.25, 0.3) is 0 Å². The van der Waals surface area contributed by atoms with Gasteiger partial charge in [0.05, 0.1) is 18.5 Å². The first kappa shape index (κ1) is 14.5. The van der Waals surface area contributed by atoms with E-state index in [0.717, 1.165) is 51.6 Å². The zero-order valence-electron chi connectivity index (χ0n) is 12.3. The lowest BCUT2D eigenvalue weighted by Crippen LogP contribution is -2.46. The van der Waals surface area contributed by atoms with E-state index in [0.29, 0.717) is 6.67 Å². The maximum absolute atomic E-state index is 12.4. The Morgan fingerprint density at radius 1 is 1.00 bits per heavy atom. The molecule has 0 aromatic rings. The smallest absolute Gasteiger partial charge is 0.234 e. The number of hydrogen-bond acceptors (Lipinski definition) is 4. The highest BCUT2D eigenvalue weighted by atomic mass is 16.2. The van der Waals surface area contributed by atoms with E-state index in [1.807, 2.05) is 0 Å². The van der Waals surface area contributed by atoms with Crippen LogP contribution in [0.15, 0.2) is 0 Å². The van der Waals surface area contributed by atoms with E-state index in [9.17, 15) is 14.4 Å². The first-order valence-corrected chi connectivity index (χ1v) is 7.95. The molecule has 3 amide bonds. The van der Waals surface area contributed by atoms with E-state index in [1.54, 1.807) is 0 Å². The zero-order valence-corrected chi connectivity index (χ0v) is 12.3. The molecule has 3 aliphatic rings. The largest absolute Gasteiger partial charge is 0.369 e. The summed E-state index contributed by atoms with van der Waals surface area (Å²) in [4.78, 5) is 39.5. The van der Waals surface area contributed by atoms with Crippen LogP contribution in [0.4, 0.5) is 0 Å². The molecule has 3 rings (SSSR count). The van der Waals surface area contributed by atoms with Gasteiger partial charge in [-0.2, -0.15) is 0 Å². The fraction of sp³-hybridized carbons (Fsp3) is 0.800. The number of amides is 3. The number of carbonyl (C=O) groups is 3. The van der Waals surface area contributed by atoms with Crippen LogP contribution >= 0.6 is 0 Å². The van der Waals surface area contributed by atoms with E-state index in [2.05, 4.69) is 4.90 Å². The topological polar surface area (TPSA) is 83.7 Å². The lowest BCUT2D eigenvalue weighted by Gasteiger charge is -2.32. The maximum atomic E-state index is 12.4. The first-order chi connectivity index (χ1) is 10.1. The SMILES string of the molecule is NC(=O)C1CCN(CN2C(=O)C3CCCCC3C2=O)CC1. The number of hydrogen-bond donors (Lipinski definition) is 1. The molecule has 0 radical (unpaired) electrons. The molecule has 2 saturated heterocycles. The Kier molecular flexibility index (Phi) is 3.97. The minimum absolute atomic E-state index is 0.0155. The number of imide groups is 1. The molecule has 116 valence electrons. The summed E-state index contributed by atoms with van der Waals surface area (Å²) in [6.07, 6.45) is 5.26. The fourth-order valence-corrected chi connectivity index (χ4v) is 3.93. The van der Waals surface area contributed by atoms with Gasteiger partial charge in [-0.1, -0.05) is 12.8 Å². The van der Waals surface area contributed by atoms with E-state index in [4.69, 9.17) is 5.73 Å². The molecular formula is C15H23N3O3. The highest BCUT2D eigenvalue weighted by molar-refractivity contribution is 6.05. The van der Waals surface area contributed by atoms with E-state index < -0.39 is 0 Å². The summed E-state index contributed by atoms with van der Waals surface area (Å²) in [5.74, 6) is -0.421. The van der Waals surface area contributed by atoms with Gasteiger partial charge in [0.1, 0.15) is 0 Å². The normalized spacial score (nSPS) is 31.5. The summed E-state index contributed by atoms with van der Waals surface area (Å²) in [6, 6.07) is 0. The van der Waals surface area contributed by atoms with Crippen LogP contribution in [0.2, 0.25) is 0 Å². The summed E-state index contributed by atoms with van der Waals surface area (Å²) in [5.41, 5.74) is 5.32. The number of carbonyl (C=O) groups excluding carboxylic acids is 3. The first-order valence-electron chi connectivity index (χ1n) is 7.95. The van der Waals surface area contributed by atoms with Crippen molar-refractivity contribution in [3.8, 4) is 0 Å². The molecule has 2 N–H and O–H groups in total. The number of fused-ring (bicyclic) bond motifs is 1. The summed E-state index contributed by atoms with van der Waals surface area (Å²) in [6.45, 7) is 1.83. The van der Waals surface area contributed by atoms with Gasteiger partial charge in [-0.3, -0.25) is 24.2 Å². The monoisotopic (exact) mass is 293 g/mol. The van der Waals surface area contributed by atoms with Crippen LogP contribution in [0.1, 0.15) is 38.5 Å². The Labute approximate surface area is 124 Å². The second-order valence-corrected chi connectivity index (χ2v) is 6.54. The van der Waals surface area contributed by atoms with Gasteiger partial charge in [0.2, 0.25) is 17.7 Å². The van der Waals surface area contributed by atoms with Gasteiger partial charge >= 0.3 is 0 Å².